The van der Waals surface area contributed by atoms with E-state index >= 15 is 0 Å². The van der Waals surface area contributed by atoms with Gasteiger partial charge >= 0.3 is 0 Å². The van der Waals surface area contributed by atoms with Crippen molar-refractivity contribution >= 4 is 5.69 Å². The zero-order valence-electron chi connectivity index (χ0n) is 8.65. The van der Waals surface area contributed by atoms with E-state index in [0.717, 1.165) is 19.6 Å². The van der Waals surface area contributed by atoms with Crippen molar-refractivity contribution in [1.82, 2.24) is 0 Å². The van der Waals surface area contributed by atoms with Crippen molar-refractivity contribution in [3.05, 3.63) is 30.3 Å². The van der Waals surface area contributed by atoms with Gasteiger partial charge in [-0.25, -0.2) is 0 Å². The molecule has 76 valence electrons. The van der Waals surface area contributed by atoms with Crippen LogP contribution in [0.3, 0.4) is 0 Å². The maximum atomic E-state index is 5.69. The maximum Gasteiger partial charge on any atom is 0.130 e. The summed E-state index contributed by atoms with van der Waals surface area (Å²) in [6.45, 7) is 4.08. The van der Waals surface area contributed by atoms with E-state index in [9.17, 15) is 0 Å². The molecule has 2 heteroatoms. The molecular weight excluding hydrogens is 174 g/mol. The maximum absolute atomic E-state index is 5.69. The lowest BCUT2D eigenvalue weighted by molar-refractivity contribution is 0.105. The Balaban J connectivity index is 2.10. The van der Waals surface area contributed by atoms with Gasteiger partial charge in [0.1, 0.15) is 6.23 Å². The number of para-hydroxylation sites is 1. The van der Waals surface area contributed by atoms with Gasteiger partial charge in [0.15, 0.2) is 0 Å². The van der Waals surface area contributed by atoms with Crippen molar-refractivity contribution in [2.24, 2.45) is 0 Å². The molecule has 0 unspecified atom stereocenters. The summed E-state index contributed by atoms with van der Waals surface area (Å²) < 4.78 is 5.69. The summed E-state index contributed by atoms with van der Waals surface area (Å²) >= 11 is 0. The van der Waals surface area contributed by atoms with Gasteiger partial charge in [-0.3, -0.25) is 0 Å². The summed E-state index contributed by atoms with van der Waals surface area (Å²) in [7, 11) is 0. The van der Waals surface area contributed by atoms with E-state index < -0.39 is 0 Å². The molecule has 1 aromatic rings. The molecule has 1 aliphatic rings. The molecule has 1 aromatic carbocycles. The van der Waals surface area contributed by atoms with Gasteiger partial charge in [0, 0.05) is 12.2 Å². The average Bonchev–Trinajstić information content (AvgIpc) is 2.68. The molecule has 0 aliphatic carbocycles. The predicted octanol–water partition coefficient (Wildman–Crippen LogP) is 2.65. The molecule has 1 aliphatic heterocycles. The first-order valence-corrected chi connectivity index (χ1v) is 5.35. The molecule has 0 N–H and O–H groups in total. The number of nitrogens with zero attached hydrogens (tertiary/aromatic N) is 1. The number of rotatable bonds is 3. The van der Waals surface area contributed by atoms with Gasteiger partial charge in [0.25, 0.3) is 0 Å². The van der Waals surface area contributed by atoms with Crippen LogP contribution >= 0.6 is 0 Å². The van der Waals surface area contributed by atoms with E-state index in [1.807, 2.05) is 0 Å². The van der Waals surface area contributed by atoms with Crippen LogP contribution in [-0.4, -0.2) is 19.4 Å². The fourth-order valence-corrected chi connectivity index (χ4v) is 1.92. The SMILES string of the molecule is CCC[C@H]1OCCN1c1ccccc1. The van der Waals surface area contributed by atoms with Crippen molar-refractivity contribution < 1.29 is 4.74 Å². The molecule has 2 rings (SSSR count). The monoisotopic (exact) mass is 191 g/mol. The van der Waals surface area contributed by atoms with Crippen LogP contribution in [0, 0.1) is 0 Å². The largest absolute Gasteiger partial charge is 0.357 e. The first kappa shape index (κ1) is 9.53. The Bertz CT molecular complexity index is 273. The molecule has 0 saturated carbocycles. The standard InChI is InChI=1S/C12H17NO/c1-2-6-12-13(9-10-14-12)11-7-4-3-5-8-11/h3-5,7-8,12H,2,6,9-10H2,1H3/t12-/m1/s1. The summed E-state index contributed by atoms with van der Waals surface area (Å²) in [5.74, 6) is 0. The lowest BCUT2D eigenvalue weighted by atomic mass is 10.2. The molecule has 0 radical (unpaired) electrons. The van der Waals surface area contributed by atoms with Crippen LogP contribution in [0.25, 0.3) is 0 Å². The van der Waals surface area contributed by atoms with Crippen LogP contribution in [0.1, 0.15) is 19.8 Å². The molecule has 0 amide bonds. The Kier molecular flexibility index (Phi) is 3.04. The molecule has 1 saturated heterocycles. The van der Waals surface area contributed by atoms with Crippen LogP contribution in [0.4, 0.5) is 5.69 Å². The minimum atomic E-state index is 0.294. The first-order valence-electron chi connectivity index (χ1n) is 5.35. The van der Waals surface area contributed by atoms with E-state index in [0.29, 0.717) is 6.23 Å². The van der Waals surface area contributed by atoms with Crippen molar-refractivity contribution in [1.29, 1.82) is 0 Å². The lowest BCUT2D eigenvalue weighted by Gasteiger charge is -2.24. The highest BCUT2D eigenvalue weighted by atomic mass is 16.5. The van der Waals surface area contributed by atoms with Crippen molar-refractivity contribution in [3.63, 3.8) is 0 Å². The molecule has 0 bridgehead atoms. The smallest absolute Gasteiger partial charge is 0.130 e. The Labute approximate surface area is 85.5 Å². The Morgan fingerprint density at radius 3 is 2.86 bits per heavy atom. The average molecular weight is 191 g/mol. The van der Waals surface area contributed by atoms with Crippen molar-refractivity contribution in [2.45, 2.75) is 26.0 Å². The number of benzene rings is 1. The van der Waals surface area contributed by atoms with E-state index in [4.69, 9.17) is 4.74 Å². The van der Waals surface area contributed by atoms with Crippen LogP contribution in [0.2, 0.25) is 0 Å². The molecule has 0 aromatic heterocycles. The molecule has 1 heterocycles. The summed E-state index contributed by atoms with van der Waals surface area (Å²) in [6.07, 6.45) is 2.59. The van der Waals surface area contributed by atoms with Crippen LogP contribution in [0.15, 0.2) is 30.3 Å². The fraction of sp³-hybridized carbons (Fsp3) is 0.500. The highest BCUT2D eigenvalue weighted by Gasteiger charge is 2.23. The molecular formula is C12H17NO. The fourth-order valence-electron chi connectivity index (χ4n) is 1.92. The zero-order chi connectivity index (χ0) is 9.80. The second-order valence-electron chi connectivity index (χ2n) is 3.64. The number of hydrogen-bond acceptors (Lipinski definition) is 2. The van der Waals surface area contributed by atoms with Crippen LogP contribution < -0.4 is 4.90 Å². The summed E-state index contributed by atoms with van der Waals surface area (Å²) in [4.78, 5) is 2.35. The zero-order valence-corrected chi connectivity index (χ0v) is 8.65. The van der Waals surface area contributed by atoms with Crippen molar-refractivity contribution in [3.8, 4) is 0 Å². The molecule has 2 nitrogen and oxygen atoms in total. The Morgan fingerprint density at radius 2 is 2.14 bits per heavy atom. The van der Waals surface area contributed by atoms with Crippen molar-refractivity contribution in [2.75, 3.05) is 18.1 Å². The number of hydrogen-bond donors (Lipinski definition) is 0. The van der Waals surface area contributed by atoms with Gasteiger partial charge in [-0.05, 0) is 18.6 Å². The van der Waals surface area contributed by atoms with Gasteiger partial charge < -0.3 is 9.64 Å². The number of ether oxygens (including phenoxy) is 1. The van der Waals surface area contributed by atoms with E-state index in [2.05, 4.69) is 42.2 Å². The third-order valence-corrected chi connectivity index (χ3v) is 2.61. The summed E-state index contributed by atoms with van der Waals surface area (Å²) in [6, 6.07) is 10.5. The highest BCUT2D eigenvalue weighted by Crippen LogP contribution is 2.23. The third kappa shape index (κ3) is 1.90. The van der Waals surface area contributed by atoms with E-state index in [1.54, 1.807) is 0 Å². The van der Waals surface area contributed by atoms with E-state index in [1.165, 1.54) is 12.1 Å². The van der Waals surface area contributed by atoms with Gasteiger partial charge in [-0.1, -0.05) is 31.5 Å². The van der Waals surface area contributed by atoms with Crippen LogP contribution in [-0.2, 0) is 4.74 Å². The quantitative estimate of drug-likeness (QED) is 0.728. The Hall–Kier alpha value is -1.02. The minimum absolute atomic E-state index is 0.294. The molecule has 0 spiro atoms. The third-order valence-electron chi connectivity index (χ3n) is 2.61. The molecule has 1 atom stereocenters. The first-order chi connectivity index (χ1) is 6.92. The van der Waals surface area contributed by atoms with E-state index in [-0.39, 0.29) is 0 Å². The topological polar surface area (TPSA) is 12.5 Å². The van der Waals surface area contributed by atoms with Gasteiger partial charge in [0.05, 0.1) is 6.61 Å². The normalized spacial score (nSPS) is 21.5. The summed E-state index contributed by atoms with van der Waals surface area (Å²) in [5.41, 5.74) is 1.28. The Morgan fingerprint density at radius 1 is 1.36 bits per heavy atom. The highest BCUT2D eigenvalue weighted by molar-refractivity contribution is 5.47. The molecule has 1 fully saturated rings. The van der Waals surface area contributed by atoms with Crippen LogP contribution in [0.5, 0.6) is 0 Å². The lowest BCUT2D eigenvalue weighted by Crippen LogP contribution is -2.29. The summed E-state index contributed by atoms with van der Waals surface area (Å²) in [5, 5.41) is 0. The predicted molar refractivity (Wildman–Crippen MR) is 58.4 cm³/mol. The second-order valence-corrected chi connectivity index (χ2v) is 3.64. The van der Waals surface area contributed by atoms with Gasteiger partial charge in [0.2, 0.25) is 0 Å². The van der Waals surface area contributed by atoms with Gasteiger partial charge in [-0.2, -0.15) is 0 Å². The number of anilines is 1. The second kappa shape index (κ2) is 4.47. The minimum Gasteiger partial charge on any atom is -0.357 e. The molecule has 14 heavy (non-hydrogen) atoms. The van der Waals surface area contributed by atoms with Gasteiger partial charge in [-0.15, -0.1) is 0 Å².